The minimum atomic E-state index is 0.520. The maximum atomic E-state index is 5.35. The second-order valence-electron chi connectivity index (χ2n) is 4.42. The molecule has 4 nitrogen and oxygen atoms in total. The fraction of sp³-hybridized carbons (Fsp3) is 0.615. The van der Waals surface area contributed by atoms with E-state index in [1.807, 2.05) is 12.4 Å². The Bertz CT molecular complexity index is 337. The van der Waals surface area contributed by atoms with Crippen LogP contribution in [-0.2, 0) is 4.74 Å². The first-order valence-corrected chi connectivity index (χ1v) is 6.41. The number of hydrogen-bond acceptors (Lipinski definition) is 4. The molecule has 0 aromatic carbocycles. The summed E-state index contributed by atoms with van der Waals surface area (Å²) in [6, 6.07) is 2.64. The van der Waals surface area contributed by atoms with Crippen LogP contribution in [-0.4, -0.2) is 30.8 Å². The van der Waals surface area contributed by atoms with Gasteiger partial charge in [-0.1, -0.05) is 6.92 Å². The molecular weight excluding hydrogens is 214 g/mol. The number of nitrogens with one attached hydrogen (secondary N) is 2. The molecule has 2 rings (SSSR count). The van der Waals surface area contributed by atoms with Crippen molar-refractivity contribution in [2.45, 2.75) is 32.2 Å². The molecule has 1 aliphatic rings. The maximum absolute atomic E-state index is 5.35. The highest BCUT2D eigenvalue weighted by Crippen LogP contribution is 2.17. The van der Waals surface area contributed by atoms with Gasteiger partial charge in [0.25, 0.3) is 0 Å². The Labute approximate surface area is 103 Å². The third-order valence-electron chi connectivity index (χ3n) is 2.91. The SMILES string of the molecule is CCCNc1cncc(NC2CCOCC2)c1. The van der Waals surface area contributed by atoms with Gasteiger partial charge in [-0.2, -0.15) is 0 Å². The fourth-order valence-corrected chi connectivity index (χ4v) is 1.96. The Morgan fingerprint density at radius 1 is 1.29 bits per heavy atom. The summed E-state index contributed by atoms with van der Waals surface area (Å²) in [5.41, 5.74) is 2.18. The second-order valence-corrected chi connectivity index (χ2v) is 4.42. The molecule has 4 heteroatoms. The summed E-state index contributed by atoms with van der Waals surface area (Å²) in [6.45, 7) is 4.87. The van der Waals surface area contributed by atoms with E-state index in [9.17, 15) is 0 Å². The van der Waals surface area contributed by atoms with Crippen LogP contribution in [0.25, 0.3) is 0 Å². The molecular formula is C13H21N3O. The van der Waals surface area contributed by atoms with Crippen LogP contribution in [0, 0.1) is 0 Å². The Morgan fingerprint density at radius 3 is 2.82 bits per heavy atom. The van der Waals surface area contributed by atoms with Crippen LogP contribution in [0.2, 0.25) is 0 Å². The number of ether oxygens (including phenoxy) is 1. The van der Waals surface area contributed by atoms with Gasteiger partial charge in [0.2, 0.25) is 0 Å². The number of hydrogen-bond donors (Lipinski definition) is 2. The standard InChI is InChI=1S/C13H21N3O/c1-2-5-15-12-8-13(10-14-9-12)16-11-3-6-17-7-4-11/h8-11,15-16H,2-7H2,1H3. The third-order valence-corrected chi connectivity index (χ3v) is 2.91. The number of nitrogens with zero attached hydrogens (tertiary/aromatic N) is 1. The molecule has 17 heavy (non-hydrogen) atoms. The Balaban J connectivity index is 1.90. The topological polar surface area (TPSA) is 46.2 Å². The lowest BCUT2D eigenvalue weighted by molar-refractivity contribution is 0.0904. The molecule has 0 aliphatic carbocycles. The predicted octanol–water partition coefficient (Wildman–Crippen LogP) is 2.49. The second kappa shape index (κ2) is 6.45. The molecule has 1 aromatic heterocycles. The van der Waals surface area contributed by atoms with Crippen molar-refractivity contribution in [3.63, 3.8) is 0 Å². The van der Waals surface area contributed by atoms with Gasteiger partial charge < -0.3 is 15.4 Å². The van der Waals surface area contributed by atoms with Crippen LogP contribution >= 0.6 is 0 Å². The molecule has 1 saturated heterocycles. The minimum absolute atomic E-state index is 0.520. The molecule has 0 saturated carbocycles. The van der Waals surface area contributed by atoms with Gasteiger partial charge in [-0.3, -0.25) is 4.98 Å². The quantitative estimate of drug-likeness (QED) is 0.823. The summed E-state index contributed by atoms with van der Waals surface area (Å²) in [7, 11) is 0. The van der Waals surface area contributed by atoms with Crippen LogP contribution in [0.5, 0.6) is 0 Å². The fourth-order valence-electron chi connectivity index (χ4n) is 1.96. The smallest absolute Gasteiger partial charge is 0.0549 e. The molecule has 2 N–H and O–H groups in total. The van der Waals surface area contributed by atoms with E-state index in [0.717, 1.165) is 50.4 Å². The van der Waals surface area contributed by atoms with Gasteiger partial charge in [0.15, 0.2) is 0 Å². The zero-order chi connectivity index (χ0) is 11.9. The highest BCUT2D eigenvalue weighted by Gasteiger charge is 2.13. The summed E-state index contributed by atoms with van der Waals surface area (Å²) in [5.74, 6) is 0. The molecule has 0 spiro atoms. The first kappa shape index (κ1) is 12.2. The summed E-state index contributed by atoms with van der Waals surface area (Å²) in [6.07, 6.45) is 7.02. The van der Waals surface area contributed by atoms with E-state index in [1.54, 1.807) is 0 Å². The average Bonchev–Trinajstić information content (AvgIpc) is 2.38. The van der Waals surface area contributed by atoms with Crippen LogP contribution < -0.4 is 10.6 Å². The predicted molar refractivity (Wildman–Crippen MR) is 70.5 cm³/mol. The van der Waals surface area contributed by atoms with Crippen molar-refractivity contribution in [2.75, 3.05) is 30.4 Å². The first-order valence-electron chi connectivity index (χ1n) is 6.41. The van der Waals surface area contributed by atoms with Gasteiger partial charge in [-0.05, 0) is 25.3 Å². The van der Waals surface area contributed by atoms with Gasteiger partial charge in [0.05, 0.1) is 23.8 Å². The van der Waals surface area contributed by atoms with Gasteiger partial charge >= 0.3 is 0 Å². The first-order chi connectivity index (χ1) is 8.38. The average molecular weight is 235 g/mol. The van der Waals surface area contributed by atoms with Gasteiger partial charge in [0, 0.05) is 25.8 Å². The van der Waals surface area contributed by atoms with Crippen molar-refractivity contribution in [1.29, 1.82) is 0 Å². The molecule has 1 aliphatic heterocycles. The molecule has 0 radical (unpaired) electrons. The van der Waals surface area contributed by atoms with Gasteiger partial charge in [-0.25, -0.2) is 0 Å². The number of anilines is 2. The highest BCUT2D eigenvalue weighted by molar-refractivity contribution is 5.54. The zero-order valence-electron chi connectivity index (χ0n) is 10.4. The van der Waals surface area contributed by atoms with E-state index in [1.165, 1.54) is 0 Å². The molecule has 0 unspecified atom stereocenters. The number of pyridine rings is 1. The molecule has 0 amide bonds. The monoisotopic (exact) mass is 235 g/mol. The van der Waals surface area contributed by atoms with Crippen molar-refractivity contribution in [3.05, 3.63) is 18.5 Å². The van der Waals surface area contributed by atoms with Gasteiger partial charge in [0.1, 0.15) is 0 Å². The van der Waals surface area contributed by atoms with Crippen molar-refractivity contribution in [3.8, 4) is 0 Å². The largest absolute Gasteiger partial charge is 0.384 e. The molecule has 1 fully saturated rings. The summed E-state index contributed by atoms with van der Waals surface area (Å²) < 4.78 is 5.35. The number of rotatable bonds is 5. The van der Waals surface area contributed by atoms with Gasteiger partial charge in [-0.15, -0.1) is 0 Å². The van der Waals surface area contributed by atoms with E-state index < -0.39 is 0 Å². The van der Waals surface area contributed by atoms with Crippen LogP contribution in [0.3, 0.4) is 0 Å². The van der Waals surface area contributed by atoms with E-state index in [-0.39, 0.29) is 0 Å². The Kier molecular flexibility index (Phi) is 4.62. The third kappa shape index (κ3) is 3.89. The van der Waals surface area contributed by atoms with Crippen LogP contribution in [0.4, 0.5) is 11.4 Å². The normalized spacial score (nSPS) is 16.8. The lowest BCUT2D eigenvalue weighted by Gasteiger charge is -2.24. The molecule has 0 atom stereocenters. The van der Waals surface area contributed by atoms with Crippen molar-refractivity contribution in [1.82, 2.24) is 4.98 Å². The van der Waals surface area contributed by atoms with E-state index in [4.69, 9.17) is 4.74 Å². The van der Waals surface area contributed by atoms with Crippen LogP contribution in [0.1, 0.15) is 26.2 Å². The minimum Gasteiger partial charge on any atom is -0.384 e. The Morgan fingerprint density at radius 2 is 2.06 bits per heavy atom. The van der Waals surface area contributed by atoms with E-state index in [2.05, 4.69) is 28.6 Å². The molecule has 2 heterocycles. The number of aromatic nitrogens is 1. The summed E-state index contributed by atoms with van der Waals surface area (Å²) in [5, 5.41) is 6.86. The summed E-state index contributed by atoms with van der Waals surface area (Å²) in [4.78, 5) is 4.25. The van der Waals surface area contributed by atoms with Crippen molar-refractivity contribution < 1.29 is 4.74 Å². The van der Waals surface area contributed by atoms with E-state index >= 15 is 0 Å². The lowest BCUT2D eigenvalue weighted by Crippen LogP contribution is -2.27. The molecule has 1 aromatic rings. The van der Waals surface area contributed by atoms with Crippen molar-refractivity contribution in [2.24, 2.45) is 0 Å². The van der Waals surface area contributed by atoms with Crippen LogP contribution in [0.15, 0.2) is 18.5 Å². The summed E-state index contributed by atoms with van der Waals surface area (Å²) >= 11 is 0. The Hall–Kier alpha value is -1.29. The lowest BCUT2D eigenvalue weighted by atomic mass is 10.1. The molecule has 94 valence electrons. The molecule has 0 bridgehead atoms. The zero-order valence-corrected chi connectivity index (χ0v) is 10.4. The highest BCUT2D eigenvalue weighted by atomic mass is 16.5. The van der Waals surface area contributed by atoms with E-state index in [0.29, 0.717) is 6.04 Å². The van der Waals surface area contributed by atoms with Crippen molar-refractivity contribution >= 4 is 11.4 Å². The maximum Gasteiger partial charge on any atom is 0.0549 e.